The summed E-state index contributed by atoms with van der Waals surface area (Å²) in [6.07, 6.45) is 4.70. The molecule has 0 atom stereocenters. The van der Waals surface area contributed by atoms with Crippen molar-refractivity contribution in [2.45, 2.75) is 44.9 Å². The van der Waals surface area contributed by atoms with Crippen molar-refractivity contribution in [3.8, 4) is 0 Å². The fraction of sp³-hybridized carbons (Fsp3) is 0.500. The Bertz CT molecular complexity index is 695. The van der Waals surface area contributed by atoms with Gasteiger partial charge in [-0.2, -0.15) is 0 Å². The average Bonchev–Trinajstić information content (AvgIpc) is 3.00. The molecule has 2 aromatic rings. The van der Waals surface area contributed by atoms with Gasteiger partial charge in [-0.15, -0.1) is 35.3 Å². The molecule has 0 aliphatic heterocycles. The highest BCUT2D eigenvalue weighted by molar-refractivity contribution is 14.0. The van der Waals surface area contributed by atoms with Gasteiger partial charge in [-0.3, -0.25) is 4.99 Å². The SMILES string of the molecule is CCNC(=NCC1(c2ccccc2)CCC1)NCCc1csc(C)n1.I. The van der Waals surface area contributed by atoms with Gasteiger partial charge >= 0.3 is 0 Å². The monoisotopic (exact) mass is 484 g/mol. The molecule has 1 aromatic carbocycles. The molecule has 3 rings (SSSR count). The van der Waals surface area contributed by atoms with Gasteiger partial charge < -0.3 is 10.6 Å². The highest BCUT2D eigenvalue weighted by Gasteiger charge is 2.38. The van der Waals surface area contributed by atoms with Gasteiger partial charge in [-0.1, -0.05) is 36.8 Å². The number of nitrogens with zero attached hydrogens (tertiary/aromatic N) is 2. The number of aryl methyl sites for hydroxylation is 1. The molecule has 0 radical (unpaired) electrons. The lowest BCUT2D eigenvalue weighted by atomic mass is 9.64. The van der Waals surface area contributed by atoms with E-state index >= 15 is 0 Å². The molecule has 1 saturated carbocycles. The first-order chi connectivity index (χ1) is 12.2. The van der Waals surface area contributed by atoms with Crippen LogP contribution in [-0.4, -0.2) is 30.6 Å². The van der Waals surface area contributed by atoms with Crippen LogP contribution in [0.5, 0.6) is 0 Å². The second-order valence-electron chi connectivity index (χ2n) is 6.73. The fourth-order valence-corrected chi connectivity index (χ4v) is 3.98. The largest absolute Gasteiger partial charge is 0.357 e. The summed E-state index contributed by atoms with van der Waals surface area (Å²) in [6.45, 7) is 6.74. The van der Waals surface area contributed by atoms with Crippen molar-refractivity contribution in [1.29, 1.82) is 0 Å². The third kappa shape index (κ3) is 5.42. The van der Waals surface area contributed by atoms with Gasteiger partial charge in [0.15, 0.2) is 5.96 Å². The molecule has 1 aliphatic carbocycles. The number of halogens is 1. The zero-order valence-corrected chi connectivity index (χ0v) is 18.8. The number of nitrogens with one attached hydrogen (secondary N) is 2. The molecule has 0 spiro atoms. The van der Waals surface area contributed by atoms with Gasteiger partial charge in [0.25, 0.3) is 0 Å². The highest BCUT2D eigenvalue weighted by atomic mass is 127. The van der Waals surface area contributed by atoms with Crippen LogP contribution in [0.4, 0.5) is 0 Å². The summed E-state index contributed by atoms with van der Waals surface area (Å²) in [6, 6.07) is 10.9. The maximum absolute atomic E-state index is 4.90. The minimum Gasteiger partial charge on any atom is -0.357 e. The van der Waals surface area contributed by atoms with Gasteiger partial charge in [0.2, 0.25) is 0 Å². The van der Waals surface area contributed by atoms with Crippen molar-refractivity contribution in [2.75, 3.05) is 19.6 Å². The van der Waals surface area contributed by atoms with E-state index < -0.39 is 0 Å². The zero-order chi connectivity index (χ0) is 17.5. The zero-order valence-electron chi connectivity index (χ0n) is 15.6. The molecule has 1 fully saturated rings. The van der Waals surface area contributed by atoms with E-state index in [9.17, 15) is 0 Å². The second kappa shape index (κ2) is 10.3. The lowest BCUT2D eigenvalue weighted by Crippen LogP contribution is -2.42. The lowest BCUT2D eigenvalue weighted by Gasteiger charge is -2.41. The van der Waals surface area contributed by atoms with Crippen molar-refractivity contribution in [3.05, 3.63) is 52.0 Å². The van der Waals surface area contributed by atoms with Crippen LogP contribution in [0.15, 0.2) is 40.7 Å². The number of hydrogen-bond donors (Lipinski definition) is 2. The Labute approximate surface area is 177 Å². The first kappa shape index (κ1) is 21.2. The van der Waals surface area contributed by atoms with Crippen LogP contribution in [0.2, 0.25) is 0 Å². The second-order valence-corrected chi connectivity index (χ2v) is 7.79. The van der Waals surface area contributed by atoms with E-state index in [1.165, 1.54) is 24.8 Å². The van der Waals surface area contributed by atoms with Gasteiger partial charge in [0, 0.05) is 30.3 Å². The van der Waals surface area contributed by atoms with Crippen LogP contribution < -0.4 is 10.6 Å². The molecule has 1 heterocycles. The molecule has 0 bridgehead atoms. The third-order valence-electron chi connectivity index (χ3n) is 4.92. The maximum Gasteiger partial charge on any atom is 0.191 e. The predicted molar refractivity (Wildman–Crippen MR) is 122 cm³/mol. The first-order valence-electron chi connectivity index (χ1n) is 9.20. The first-order valence-corrected chi connectivity index (χ1v) is 10.1. The summed E-state index contributed by atoms with van der Waals surface area (Å²) in [4.78, 5) is 9.42. The quantitative estimate of drug-likeness (QED) is 0.350. The van der Waals surface area contributed by atoms with Gasteiger partial charge in [-0.05, 0) is 32.3 Å². The molecule has 0 unspecified atom stereocenters. The van der Waals surface area contributed by atoms with Gasteiger partial charge in [-0.25, -0.2) is 4.98 Å². The van der Waals surface area contributed by atoms with E-state index in [0.29, 0.717) is 0 Å². The Kier molecular flexibility index (Phi) is 8.34. The summed E-state index contributed by atoms with van der Waals surface area (Å²) < 4.78 is 0. The Morgan fingerprint density at radius 1 is 1.23 bits per heavy atom. The van der Waals surface area contributed by atoms with Crippen LogP contribution in [0, 0.1) is 6.92 Å². The Hall–Kier alpha value is -1.15. The summed E-state index contributed by atoms with van der Waals surface area (Å²) in [7, 11) is 0. The van der Waals surface area contributed by atoms with E-state index in [1.807, 2.05) is 0 Å². The van der Waals surface area contributed by atoms with Crippen molar-refractivity contribution in [1.82, 2.24) is 15.6 Å². The number of aliphatic imine (C=N–C) groups is 1. The number of rotatable bonds is 7. The van der Waals surface area contributed by atoms with Crippen molar-refractivity contribution in [3.63, 3.8) is 0 Å². The lowest BCUT2D eigenvalue weighted by molar-refractivity contribution is 0.253. The minimum absolute atomic E-state index is 0. The fourth-order valence-electron chi connectivity index (χ4n) is 3.34. The Balaban J connectivity index is 0.00000243. The number of hydrogen-bond acceptors (Lipinski definition) is 3. The molecule has 4 nitrogen and oxygen atoms in total. The highest BCUT2D eigenvalue weighted by Crippen LogP contribution is 2.43. The third-order valence-corrected chi connectivity index (χ3v) is 5.74. The predicted octanol–water partition coefficient (Wildman–Crippen LogP) is 4.29. The molecule has 0 saturated heterocycles. The minimum atomic E-state index is 0. The topological polar surface area (TPSA) is 49.3 Å². The Morgan fingerprint density at radius 3 is 2.58 bits per heavy atom. The summed E-state index contributed by atoms with van der Waals surface area (Å²) in [5.41, 5.74) is 2.82. The normalized spacial score (nSPS) is 15.7. The smallest absolute Gasteiger partial charge is 0.191 e. The molecule has 2 N–H and O–H groups in total. The maximum atomic E-state index is 4.90. The average molecular weight is 484 g/mol. The van der Waals surface area contributed by atoms with Crippen LogP contribution in [0.3, 0.4) is 0 Å². The number of guanidine groups is 1. The van der Waals surface area contributed by atoms with Crippen LogP contribution in [0.1, 0.15) is 42.5 Å². The van der Waals surface area contributed by atoms with E-state index in [-0.39, 0.29) is 29.4 Å². The van der Waals surface area contributed by atoms with Gasteiger partial charge in [0.1, 0.15) is 0 Å². The number of benzene rings is 1. The molecular weight excluding hydrogens is 455 g/mol. The van der Waals surface area contributed by atoms with E-state index in [0.717, 1.165) is 42.7 Å². The Morgan fingerprint density at radius 2 is 2.00 bits per heavy atom. The molecule has 1 aromatic heterocycles. The van der Waals surface area contributed by atoms with Crippen molar-refractivity contribution < 1.29 is 0 Å². The molecular formula is C20H29IN4S. The van der Waals surface area contributed by atoms with E-state index in [1.54, 1.807) is 11.3 Å². The molecule has 1 aliphatic rings. The molecule has 26 heavy (non-hydrogen) atoms. The number of thiazole rings is 1. The van der Waals surface area contributed by atoms with Crippen molar-refractivity contribution >= 4 is 41.3 Å². The van der Waals surface area contributed by atoms with Gasteiger partial charge in [0.05, 0.1) is 17.2 Å². The molecule has 142 valence electrons. The van der Waals surface area contributed by atoms with Crippen LogP contribution in [0.25, 0.3) is 0 Å². The van der Waals surface area contributed by atoms with Crippen LogP contribution >= 0.6 is 35.3 Å². The standard InChI is InChI=1S/C20H28N4S.HI/c1-3-21-19(22-13-10-18-14-25-16(2)24-18)23-15-20(11-7-12-20)17-8-5-4-6-9-17;/h4-6,8-9,14H,3,7,10-13,15H2,1-2H3,(H2,21,22,23);1H. The summed E-state index contributed by atoms with van der Waals surface area (Å²) in [5, 5.41) is 10.1. The van der Waals surface area contributed by atoms with E-state index in [4.69, 9.17) is 4.99 Å². The van der Waals surface area contributed by atoms with E-state index in [2.05, 4.69) is 65.2 Å². The summed E-state index contributed by atoms with van der Waals surface area (Å²) in [5.74, 6) is 0.914. The van der Waals surface area contributed by atoms with Crippen molar-refractivity contribution in [2.24, 2.45) is 4.99 Å². The van der Waals surface area contributed by atoms with Crippen LogP contribution in [-0.2, 0) is 11.8 Å². The molecule has 6 heteroatoms. The summed E-state index contributed by atoms with van der Waals surface area (Å²) >= 11 is 1.71. The molecule has 0 amide bonds. The number of aromatic nitrogens is 1.